The van der Waals surface area contributed by atoms with Crippen molar-refractivity contribution in [3.63, 3.8) is 0 Å². The molecule has 54 valence electrons. The second kappa shape index (κ2) is 10.5. The lowest BCUT2D eigenvalue weighted by molar-refractivity contribution is 0.676. The Hall–Kier alpha value is 0.500. The van der Waals surface area contributed by atoms with E-state index in [9.17, 15) is 0 Å². The first-order valence-corrected chi connectivity index (χ1v) is 2.23. The van der Waals surface area contributed by atoms with E-state index in [4.69, 9.17) is 11.5 Å². The van der Waals surface area contributed by atoms with E-state index in [1.807, 2.05) is 6.92 Å². The third-order valence-electron chi connectivity index (χ3n) is 0.622. The summed E-state index contributed by atoms with van der Waals surface area (Å²) in [6.07, 6.45) is 0.931. The van der Waals surface area contributed by atoms with Crippen LogP contribution in [0, 0.1) is 0 Å². The predicted molar refractivity (Wildman–Crippen MR) is 41.8 cm³/mol. The van der Waals surface area contributed by atoms with Crippen molar-refractivity contribution in [1.82, 2.24) is 0 Å². The van der Waals surface area contributed by atoms with Gasteiger partial charge in [0.2, 0.25) is 0 Å². The Kier molecular flexibility index (Phi) is 20.7. The van der Waals surface area contributed by atoms with E-state index in [2.05, 4.69) is 0 Å². The Morgan fingerprint density at radius 1 is 1.38 bits per heavy atom. The van der Waals surface area contributed by atoms with E-state index in [1.54, 1.807) is 0 Å². The van der Waals surface area contributed by atoms with Gasteiger partial charge in [0.25, 0.3) is 0 Å². The van der Waals surface area contributed by atoms with Crippen LogP contribution in [-0.2, 0) is 0 Å². The fourth-order valence-corrected chi connectivity index (χ4v) is 0.263. The van der Waals surface area contributed by atoms with Crippen LogP contribution in [0.4, 0.5) is 0 Å². The Bertz CT molecular complexity index is 33.2. The summed E-state index contributed by atoms with van der Waals surface area (Å²) in [5.41, 5.74) is 10.5. The van der Waals surface area contributed by atoms with Crippen molar-refractivity contribution in [3.05, 3.63) is 0 Å². The first-order chi connectivity index (χ1) is 2.77. The topological polar surface area (TPSA) is 52.0 Å². The molecule has 0 heterocycles. The van der Waals surface area contributed by atoms with Gasteiger partial charge in [-0.1, -0.05) is 0 Å². The maximum atomic E-state index is 5.32. The number of halogens is 2. The van der Waals surface area contributed by atoms with Gasteiger partial charge in [0, 0.05) is 6.04 Å². The first kappa shape index (κ1) is 15.8. The SMILES string of the molecule is CC(N)CCN.Cl.Cl. The molecular weight excluding hydrogens is 147 g/mol. The zero-order chi connectivity index (χ0) is 4.99. The summed E-state index contributed by atoms with van der Waals surface area (Å²) in [5, 5.41) is 0. The summed E-state index contributed by atoms with van der Waals surface area (Å²) < 4.78 is 0. The average Bonchev–Trinajstić information content (AvgIpc) is 1.35. The molecule has 0 rings (SSSR count). The Balaban J connectivity index is -0.000000125. The lowest BCUT2D eigenvalue weighted by atomic mass is 10.3. The standard InChI is InChI=1S/C4H12N2.2ClH/c1-4(6)2-3-5;;/h4H,2-3,5-6H2,1H3;2*1H. The van der Waals surface area contributed by atoms with Crippen LogP contribution in [0.1, 0.15) is 13.3 Å². The Morgan fingerprint density at radius 2 is 1.75 bits per heavy atom. The van der Waals surface area contributed by atoms with Crippen LogP contribution in [-0.4, -0.2) is 12.6 Å². The first-order valence-electron chi connectivity index (χ1n) is 2.23. The minimum absolute atomic E-state index is 0. The van der Waals surface area contributed by atoms with Crippen LogP contribution in [0.2, 0.25) is 0 Å². The fraction of sp³-hybridized carbons (Fsp3) is 1.00. The molecule has 0 saturated heterocycles. The predicted octanol–water partition coefficient (Wildman–Crippen LogP) is 0.526. The molecule has 0 aromatic carbocycles. The van der Waals surface area contributed by atoms with E-state index in [0.717, 1.165) is 6.42 Å². The van der Waals surface area contributed by atoms with Gasteiger partial charge >= 0.3 is 0 Å². The van der Waals surface area contributed by atoms with Gasteiger partial charge in [0.15, 0.2) is 0 Å². The molecule has 0 fully saturated rings. The molecule has 0 bridgehead atoms. The van der Waals surface area contributed by atoms with Crippen molar-refractivity contribution in [2.24, 2.45) is 11.5 Å². The summed E-state index contributed by atoms with van der Waals surface area (Å²) in [5.74, 6) is 0. The normalized spacial score (nSPS) is 10.9. The number of hydrogen-bond donors (Lipinski definition) is 2. The maximum Gasteiger partial charge on any atom is 0.00224 e. The fourth-order valence-electron chi connectivity index (χ4n) is 0.263. The number of rotatable bonds is 2. The third kappa shape index (κ3) is 16.1. The molecular formula is C4H14Cl2N2. The molecule has 0 aliphatic rings. The lowest BCUT2D eigenvalue weighted by Crippen LogP contribution is -2.18. The van der Waals surface area contributed by atoms with Gasteiger partial charge < -0.3 is 11.5 Å². The van der Waals surface area contributed by atoms with Crippen molar-refractivity contribution in [1.29, 1.82) is 0 Å². The highest BCUT2D eigenvalue weighted by Crippen LogP contribution is 1.77. The van der Waals surface area contributed by atoms with Crippen LogP contribution in [0.5, 0.6) is 0 Å². The monoisotopic (exact) mass is 160 g/mol. The molecule has 0 aliphatic carbocycles. The number of hydrogen-bond acceptors (Lipinski definition) is 2. The van der Waals surface area contributed by atoms with Crippen molar-refractivity contribution in [2.75, 3.05) is 6.54 Å². The molecule has 1 unspecified atom stereocenters. The van der Waals surface area contributed by atoms with Crippen molar-refractivity contribution < 1.29 is 0 Å². The van der Waals surface area contributed by atoms with E-state index < -0.39 is 0 Å². The summed E-state index contributed by atoms with van der Waals surface area (Å²) in [6, 6.07) is 0.273. The quantitative estimate of drug-likeness (QED) is 0.620. The highest BCUT2D eigenvalue weighted by molar-refractivity contribution is 5.85. The number of nitrogens with two attached hydrogens (primary N) is 2. The molecule has 0 radical (unpaired) electrons. The molecule has 8 heavy (non-hydrogen) atoms. The Morgan fingerprint density at radius 3 is 1.75 bits per heavy atom. The smallest absolute Gasteiger partial charge is 0.00224 e. The zero-order valence-corrected chi connectivity index (χ0v) is 6.60. The van der Waals surface area contributed by atoms with Crippen LogP contribution >= 0.6 is 24.8 Å². The second-order valence-electron chi connectivity index (χ2n) is 1.55. The van der Waals surface area contributed by atoms with Crippen molar-refractivity contribution in [2.45, 2.75) is 19.4 Å². The molecule has 0 aromatic rings. The lowest BCUT2D eigenvalue weighted by Gasteiger charge is -1.96. The molecule has 1 atom stereocenters. The summed E-state index contributed by atoms with van der Waals surface area (Å²) in [7, 11) is 0. The molecule has 0 amide bonds. The molecule has 2 nitrogen and oxygen atoms in total. The molecule has 4 N–H and O–H groups in total. The second-order valence-corrected chi connectivity index (χ2v) is 1.55. The van der Waals surface area contributed by atoms with E-state index in [1.165, 1.54) is 0 Å². The molecule has 0 saturated carbocycles. The Labute approximate surface area is 62.8 Å². The van der Waals surface area contributed by atoms with Crippen molar-refractivity contribution >= 4 is 24.8 Å². The maximum absolute atomic E-state index is 5.32. The minimum atomic E-state index is 0. The molecule has 0 spiro atoms. The van der Waals surface area contributed by atoms with Gasteiger partial charge in [-0.05, 0) is 19.9 Å². The van der Waals surface area contributed by atoms with Crippen LogP contribution in [0.3, 0.4) is 0 Å². The summed E-state index contributed by atoms with van der Waals surface area (Å²) in [4.78, 5) is 0. The van der Waals surface area contributed by atoms with Gasteiger partial charge in [-0.25, -0.2) is 0 Å². The van der Waals surface area contributed by atoms with Crippen LogP contribution < -0.4 is 11.5 Å². The molecule has 4 heteroatoms. The van der Waals surface area contributed by atoms with E-state index in [-0.39, 0.29) is 30.9 Å². The minimum Gasteiger partial charge on any atom is -0.330 e. The van der Waals surface area contributed by atoms with Crippen molar-refractivity contribution in [3.8, 4) is 0 Å². The third-order valence-corrected chi connectivity index (χ3v) is 0.622. The highest BCUT2D eigenvalue weighted by Gasteiger charge is 1.85. The average molecular weight is 161 g/mol. The summed E-state index contributed by atoms with van der Waals surface area (Å²) in [6.45, 7) is 2.66. The van der Waals surface area contributed by atoms with Crippen LogP contribution in [0.25, 0.3) is 0 Å². The zero-order valence-electron chi connectivity index (χ0n) is 4.96. The van der Waals surface area contributed by atoms with Crippen LogP contribution in [0.15, 0.2) is 0 Å². The summed E-state index contributed by atoms with van der Waals surface area (Å²) >= 11 is 0. The van der Waals surface area contributed by atoms with E-state index >= 15 is 0 Å². The molecule has 0 aromatic heterocycles. The molecule has 0 aliphatic heterocycles. The van der Waals surface area contributed by atoms with Gasteiger partial charge in [0.1, 0.15) is 0 Å². The van der Waals surface area contributed by atoms with E-state index in [0.29, 0.717) is 6.54 Å². The van der Waals surface area contributed by atoms with Gasteiger partial charge in [-0.15, -0.1) is 24.8 Å². The largest absolute Gasteiger partial charge is 0.330 e. The highest BCUT2D eigenvalue weighted by atomic mass is 35.5. The van der Waals surface area contributed by atoms with Gasteiger partial charge in [-0.2, -0.15) is 0 Å². The van der Waals surface area contributed by atoms with Gasteiger partial charge in [-0.3, -0.25) is 0 Å². The van der Waals surface area contributed by atoms with Gasteiger partial charge in [0.05, 0.1) is 0 Å².